The molecule has 70 valence electrons. The van der Waals surface area contributed by atoms with Crippen LogP contribution < -0.4 is 0 Å². The molecule has 0 radical (unpaired) electrons. The van der Waals surface area contributed by atoms with Crippen molar-refractivity contribution in [3.8, 4) is 0 Å². The van der Waals surface area contributed by atoms with Crippen LogP contribution in [0.2, 0.25) is 5.02 Å². The number of carbonyl (C=O) groups is 1. The minimum absolute atomic E-state index is 0.0864. The molecule has 4 heteroatoms. The Morgan fingerprint density at radius 1 is 1.38 bits per heavy atom. The predicted octanol–water partition coefficient (Wildman–Crippen LogP) is 2.92. The SMILES string of the molecule is CC(C=O)c1c(F)ccc(F)c1Cl. The van der Waals surface area contributed by atoms with Crippen molar-refractivity contribution in [2.45, 2.75) is 12.8 Å². The van der Waals surface area contributed by atoms with Crippen LogP contribution in [-0.4, -0.2) is 6.29 Å². The van der Waals surface area contributed by atoms with Crippen molar-refractivity contribution >= 4 is 17.9 Å². The number of rotatable bonds is 2. The highest BCUT2D eigenvalue weighted by atomic mass is 35.5. The summed E-state index contributed by atoms with van der Waals surface area (Å²) in [5.41, 5.74) is -0.0864. The van der Waals surface area contributed by atoms with Crippen molar-refractivity contribution in [2.75, 3.05) is 0 Å². The van der Waals surface area contributed by atoms with Gasteiger partial charge in [0.1, 0.15) is 17.9 Å². The van der Waals surface area contributed by atoms with Crippen molar-refractivity contribution in [1.82, 2.24) is 0 Å². The van der Waals surface area contributed by atoms with E-state index in [0.717, 1.165) is 12.1 Å². The summed E-state index contributed by atoms with van der Waals surface area (Å²) in [6.07, 6.45) is 0.518. The number of aldehydes is 1. The Morgan fingerprint density at radius 2 is 1.92 bits per heavy atom. The molecule has 0 spiro atoms. The summed E-state index contributed by atoms with van der Waals surface area (Å²) in [6.45, 7) is 1.46. The zero-order valence-electron chi connectivity index (χ0n) is 6.85. The third kappa shape index (κ3) is 1.86. The van der Waals surface area contributed by atoms with Gasteiger partial charge in [0.15, 0.2) is 0 Å². The quantitative estimate of drug-likeness (QED) is 0.535. The minimum atomic E-state index is -0.733. The maximum Gasteiger partial charge on any atom is 0.142 e. The zero-order chi connectivity index (χ0) is 10.0. The summed E-state index contributed by atoms with van der Waals surface area (Å²) in [5.74, 6) is -2.11. The summed E-state index contributed by atoms with van der Waals surface area (Å²) in [7, 11) is 0. The van der Waals surface area contributed by atoms with Crippen molar-refractivity contribution < 1.29 is 13.6 Å². The van der Waals surface area contributed by atoms with E-state index in [1.165, 1.54) is 6.92 Å². The van der Waals surface area contributed by atoms with Crippen molar-refractivity contribution in [1.29, 1.82) is 0 Å². The standard InChI is InChI=1S/C9H7ClF2O/c1-5(4-13)8-6(11)2-3-7(12)9(8)10/h2-5H,1H3. The van der Waals surface area contributed by atoms with Crippen LogP contribution in [0, 0.1) is 11.6 Å². The van der Waals surface area contributed by atoms with Crippen LogP contribution in [-0.2, 0) is 4.79 Å². The third-order valence-corrected chi connectivity index (χ3v) is 2.12. The van der Waals surface area contributed by atoms with Crippen molar-refractivity contribution in [2.24, 2.45) is 0 Å². The Hall–Kier alpha value is -0.960. The largest absolute Gasteiger partial charge is 0.303 e. The van der Waals surface area contributed by atoms with Gasteiger partial charge in [0.05, 0.1) is 5.02 Å². The van der Waals surface area contributed by atoms with Crippen LogP contribution in [0.1, 0.15) is 18.4 Å². The van der Waals surface area contributed by atoms with E-state index >= 15 is 0 Å². The molecule has 0 N–H and O–H groups in total. The average molecular weight is 205 g/mol. The van der Waals surface area contributed by atoms with E-state index in [1.807, 2.05) is 0 Å². The summed E-state index contributed by atoms with van der Waals surface area (Å²) in [5, 5.41) is -0.320. The lowest BCUT2D eigenvalue weighted by Gasteiger charge is -2.08. The molecule has 0 bridgehead atoms. The molecule has 1 unspecified atom stereocenters. The Labute approximate surface area is 79.3 Å². The molecule has 0 aliphatic carbocycles. The molecule has 1 atom stereocenters. The first-order valence-electron chi connectivity index (χ1n) is 3.66. The fourth-order valence-electron chi connectivity index (χ4n) is 1.03. The maximum atomic E-state index is 13.1. The average Bonchev–Trinajstić information content (AvgIpc) is 2.12. The van der Waals surface area contributed by atoms with Crippen LogP contribution in [0.25, 0.3) is 0 Å². The van der Waals surface area contributed by atoms with Gasteiger partial charge in [0.2, 0.25) is 0 Å². The first kappa shape index (κ1) is 10.1. The number of hydrogen-bond donors (Lipinski definition) is 0. The predicted molar refractivity (Wildman–Crippen MR) is 45.8 cm³/mol. The lowest BCUT2D eigenvalue weighted by atomic mass is 10.0. The van der Waals surface area contributed by atoms with E-state index in [-0.39, 0.29) is 10.6 Å². The fourth-order valence-corrected chi connectivity index (χ4v) is 1.35. The summed E-state index contributed by atoms with van der Waals surface area (Å²) in [4.78, 5) is 10.4. The van der Waals surface area contributed by atoms with Crippen LogP contribution in [0.15, 0.2) is 12.1 Å². The monoisotopic (exact) mass is 204 g/mol. The van der Waals surface area contributed by atoms with Crippen LogP contribution in [0.3, 0.4) is 0 Å². The molecule has 0 fully saturated rings. The first-order valence-corrected chi connectivity index (χ1v) is 4.04. The first-order chi connectivity index (χ1) is 6.07. The van der Waals surface area contributed by atoms with E-state index in [4.69, 9.17) is 11.6 Å². The second kappa shape index (κ2) is 3.83. The Morgan fingerprint density at radius 3 is 2.46 bits per heavy atom. The van der Waals surface area contributed by atoms with Gasteiger partial charge in [-0.05, 0) is 12.1 Å². The van der Waals surface area contributed by atoms with E-state index in [9.17, 15) is 13.6 Å². The summed E-state index contributed by atoms with van der Waals surface area (Å²) in [6, 6.07) is 1.88. The molecule has 0 saturated heterocycles. The van der Waals surface area contributed by atoms with Gasteiger partial charge in [-0.2, -0.15) is 0 Å². The van der Waals surface area contributed by atoms with E-state index in [0.29, 0.717) is 6.29 Å². The Balaban J connectivity index is 3.32. The highest BCUT2D eigenvalue weighted by molar-refractivity contribution is 6.31. The minimum Gasteiger partial charge on any atom is -0.303 e. The van der Waals surface area contributed by atoms with Gasteiger partial charge in [-0.15, -0.1) is 0 Å². The summed E-state index contributed by atoms with van der Waals surface area (Å²) >= 11 is 5.50. The number of benzene rings is 1. The highest BCUT2D eigenvalue weighted by Gasteiger charge is 2.17. The van der Waals surface area contributed by atoms with Crippen LogP contribution in [0.5, 0.6) is 0 Å². The second-order valence-electron chi connectivity index (χ2n) is 2.68. The molecule has 0 saturated carbocycles. The molecule has 13 heavy (non-hydrogen) atoms. The number of carbonyl (C=O) groups excluding carboxylic acids is 1. The number of hydrogen-bond acceptors (Lipinski definition) is 1. The molecular weight excluding hydrogens is 198 g/mol. The topological polar surface area (TPSA) is 17.1 Å². The lowest BCUT2D eigenvalue weighted by molar-refractivity contribution is -0.108. The lowest BCUT2D eigenvalue weighted by Crippen LogP contribution is -2.01. The van der Waals surface area contributed by atoms with Gasteiger partial charge in [-0.1, -0.05) is 18.5 Å². The second-order valence-corrected chi connectivity index (χ2v) is 3.06. The summed E-state index contributed by atoms with van der Waals surface area (Å²) < 4.78 is 25.9. The van der Waals surface area contributed by atoms with Gasteiger partial charge in [0.25, 0.3) is 0 Å². The van der Waals surface area contributed by atoms with Crippen molar-refractivity contribution in [3.05, 3.63) is 34.4 Å². The van der Waals surface area contributed by atoms with E-state index in [2.05, 4.69) is 0 Å². The molecule has 1 rings (SSSR count). The molecule has 0 amide bonds. The Bertz CT molecular complexity index is 339. The maximum absolute atomic E-state index is 13.1. The van der Waals surface area contributed by atoms with Gasteiger partial charge in [-0.3, -0.25) is 0 Å². The van der Waals surface area contributed by atoms with Crippen LogP contribution >= 0.6 is 11.6 Å². The van der Waals surface area contributed by atoms with Gasteiger partial charge in [0, 0.05) is 11.5 Å². The molecule has 0 aliphatic heterocycles. The molecule has 1 nitrogen and oxygen atoms in total. The zero-order valence-corrected chi connectivity index (χ0v) is 7.61. The molecule has 1 aromatic carbocycles. The number of halogens is 3. The Kier molecular flexibility index (Phi) is 2.98. The van der Waals surface area contributed by atoms with E-state index < -0.39 is 17.6 Å². The van der Waals surface area contributed by atoms with Gasteiger partial charge in [-0.25, -0.2) is 8.78 Å². The molecule has 0 aromatic heterocycles. The van der Waals surface area contributed by atoms with Crippen LogP contribution in [0.4, 0.5) is 8.78 Å². The van der Waals surface area contributed by atoms with Crippen molar-refractivity contribution in [3.63, 3.8) is 0 Å². The normalized spacial score (nSPS) is 12.6. The molecule has 0 aliphatic rings. The van der Waals surface area contributed by atoms with Gasteiger partial charge < -0.3 is 4.79 Å². The molecular formula is C9H7ClF2O. The fraction of sp³-hybridized carbons (Fsp3) is 0.222. The third-order valence-electron chi connectivity index (χ3n) is 1.74. The smallest absolute Gasteiger partial charge is 0.142 e. The molecule has 0 heterocycles. The van der Waals surface area contributed by atoms with Gasteiger partial charge >= 0.3 is 0 Å². The van der Waals surface area contributed by atoms with E-state index in [1.54, 1.807) is 0 Å². The highest BCUT2D eigenvalue weighted by Crippen LogP contribution is 2.28. The molecule has 1 aromatic rings.